The summed E-state index contributed by atoms with van der Waals surface area (Å²) in [5.41, 5.74) is 3.43. The number of hydrogen-bond donors (Lipinski definition) is 2. The lowest BCUT2D eigenvalue weighted by Crippen LogP contribution is -2.35. The fraction of sp³-hybridized carbons (Fsp3) is 0.158. The summed E-state index contributed by atoms with van der Waals surface area (Å²) in [6.07, 6.45) is 0. The third kappa shape index (κ3) is 4.99. The van der Waals surface area contributed by atoms with Crippen molar-refractivity contribution >= 4 is 45.3 Å². The van der Waals surface area contributed by atoms with E-state index in [9.17, 15) is 9.59 Å². The number of imide groups is 1. The molecule has 2 aromatic carbocycles. The number of aryl methyl sites for hydroxylation is 1. The van der Waals surface area contributed by atoms with Crippen LogP contribution in [0.25, 0.3) is 11.5 Å². The van der Waals surface area contributed by atoms with Crippen molar-refractivity contribution in [2.75, 3.05) is 11.1 Å². The Labute approximate surface area is 174 Å². The van der Waals surface area contributed by atoms with E-state index in [1.54, 1.807) is 6.07 Å². The first-order valence-corrected chi connectivity index (χ1v) is 10.1. The van der Waals surface area contributed by atoms with E-state index < -0.39 is 11.9 Å². The van der Waals surface area contributed by atoms with Gasteiger partial charge in [-0.2, -0.15) is 0 Å². The summed E-state index contributed by atoms with van der Waals surface area (Å²) < 4.78 is 6.39. The van der Waals surface area contributed by atoms with Crippen LogP contribution in [0.15, 0.2) is 56.6 Å². The number of carbonyl (C=O) groups excluding carboxylic acids is 2. The lowest BCUT2D eigenvalue weighted by atomic mass is 10.1. The van der Waals surface area contributed by atoms with Gasteiger partial charge in [-0.1, -0.05) is 36.0 Å². The van der Waals surface area contributed by atoms with Crippen molar-refractivity contribution in [2.24, 2.45) is 0 Å². The van der Waals surface area contributed by atoms with Crippen LogP contribution in [0.2, 0.25) is 0 Å². The van der Waals surface area contributed by atoms with Crippen LogP contribution < -0.4 is 10.6 Å². The lowest BCUT2D eigenvalue weighted by Gasteiger charge is -2.10. The molecule has 2 N–H and O–H groups in total. The predicted octanol–water partition coefficient (Wildman–Crippen LogP) is 4.56. The van der Waals surface area contributed by atoms with Crippen molar-refractivity contribution in [3.05, 3.63) is 58.1 Å². The number of rotatable bonds is 5. The molecule has 0 spiro atoms. The first-order chi connectivity index (χ1) is 13.4. The summed E-state index contributed by atoms with van der Waals surface area (Å²) in [6, 6.07) is 12.4. The molecule has 1 aromatic heterocycles. The molecular formula is C19H17BrN4O3S. The molecular weight excluding hydrogens is 444 g/mol. The van der Waals surface area contributed by atoms with Crippen LogP contribution >= 0.6 is 27.7 Å². The third-order valence-electron chi connectivity index (χ3n) is 3.94. The second kappa shape index (κ2) is 9.03. The maximum atomic E-state index is 12.0. The van der Waals surface area contributed by atoms with Gasteiger partial charge in [0.2, 0.25) is 11.8 Å². The zero-order valence-corrected chi connectivity index (χ0v) is 17.6. The fourth-order valence-electron chi connectivity index (χ4n) is 2.34. The second-order valence-corrected chi connectivity index (χ2v) is 7.67. The zero-order valence-electron chi connectivity index (χ0n) is 15.2. The Balaban J connectivity index is 1.53. The van der Waals surface area contributed by atoms with E-state index in [1.165, 1.54) is 0 Å². The highest BCUT2D eigenvalue weighted by Crippen LogP contribution is 2.28. The lowest BCUT2D eigenvalue weighted by molar-refractivity contribution is -0.117. The van der Waals surface area contributed by atoms with E-state index in [0.29, 0.717) is 11.6 Å². The SMILES string of the molecule is Cc1cccc(NC(=O)NC(=O)CSc2nnc(-c3ccccc3Br)o2)c1C. The quantitative estimate of drug-likeness (QED) is 0.541. The Kier molecular flexibility index (Phi) is 6.48. The van der Waals surface area contributed by atoms with Gasteiger partial charge in [-0.3, -0.25) is 10.1 Å². The topological polar surface area (TPSA) is 97.1 Å². The van der Waals surface area contributed by atoms with Crippen LogP contribution in [0.1, 0.15) is 11.1 Å². The Morgan fingerprint density at radius 1 is 1.11 bits per heavy atom. The van der Waals surface area contributed by atoms with Crippen LogP contribution in [0.3, 0.4) is 0 Å². The van der Waals surface area contributed by atoms with Gasteiger partial charge in [-0.05, 0) is 59.1 Å². The molecule has 1 heterocycles. The van der Waals surface area contributed by atoms with E-state index in [-0.39, 0.29) is 11.0 Å². The summed E-state index contributed by atoms with van der Waals surface area (Å²) in [5.74, 6) is -0.144. The molecule has 0 fully saturated rings. The molecule has 0 radical (unpaired) electrons. The Morgan fingerprint density at radius 2 is 1.89 bits per heavy atom. The smallest absolute Gasteiger partial charge is 0.325 e. The molecule has 0 saturated carbocycles. The molecule has 0 aliphatic rings. The van der Waals surface area contributed by atoms with Gasteiger partial charge in [0.15, 0.2) is 0 Å². The number of hydrogen-bond acceptors (Lipinski definition) is 6. The van der Waals surface area contributed by atoms with Gasteiger partial charge in [0.25, 0.3) is 5.22 Å². The highest BCUT2D eigenvalue weighted by atomic mass is 79.9. The van der Waals surface area contributed by atoms with Crippen LogP contribution in [-0.2, 0) is 4.79 Å². The maximum absolute atomic E-state index is 12.0. The largest absolute Gasteiger partial charge is 0.411 e. The van der Waals surface area contributed by atoms with Gasteiger partial charge >= 0.3 is 6.03 Å². The van der Waals surface area contributed by atoms with Crippen molar-refractivity contribution in [3.63, 3.8) is 0 Å². The molecule has 0 aliphatic carbocycles. The number of nitrogens with zero attached hydrogens (tertiary/aromatic N) is 2. The van der Waals surface area contributed by atoms with E-state index in [0.717, 1.165) is 32.9 Å². The molecule has 3 amide bonds. The van der Waals surface area contributed by atoms with Crippen LogP contribution in [0.4, 0.5) is 10.5 Å². The molecule has 28 heavy (non-hydrogen) atoms. The van der Waals surface area contributed by atoms with Gasteiger partial charge in [0, 0.05) is 10.2 Å². The third-order valence-corrected chi connectivity index (χ3v) is 5.45. The average molecular weight is 461 g/mol. The van der Waals surface area contributed by atoms with Gasteiger partial charge in [0.05, 0.1) is 11.3 Å². The van der Waals surface area contributed by atoms with E-state index in [2.05, 4.69) is 36.8 Å². The normalized spacial score (nSPS) is 10.5. The molecule has 144 valence electrons. The number of nitrogens with one attached hydrogen (secondary N) is 2. The number of thioether (sulfide) groups is 1. The minimum Gasteiger partial charge on any atom is -0.411 e. The standard InChI is InChI=1S/C19H17BrN4O3S/c1-11-6-5-9-15(12(11)2)21-18(26)22-16(25)10-28-19-24-23-17(27-19)13-7-3-4-8-14(13)20/h3-9H,10H2,1-2H3,(H2,21,22,25,26). The van der Waals surface area contributed by atoms with Crippen LogP contribution in [0.5, 0.6) is 0 Å². The molecule has 0 bridgehead atoms. The van der Waals surface area contributed by atoms with Gasteiger partial charge in [0.1, 0.15) is 0 Å². The van der Waals surface area contributed by atoms with Gasteiger partial charge in [-0.15, -0.1) is 10.2 Å². The summed E-state index contributed by atoms with van der Waals surface area (Å²) in [5, 5.41) is 13.1. The van der Waals surface area contributed by atoms with Crippen molar-refractivity contribution < 1.29 is 14.0 Å². The number of aromatic nitrogens is 2. The summed E-state index contributed by atoms with van der Waals surface area (Å²) in [4.78, 5) is 24.0. The molecule has 0 aliphatic heterocycles. The van der Waals surface area contributed by atoms with Crippen molar-refractivity contribution in [1.29, 1.82) is 0 Å². The van der Waals surface area contributed by atoms with Gasteiger partial charge in [-0.25, -0.2) is 4.79 Å². The average Bonchev–Trinajstić information content (AvgIpc) is 3.13. The van der Waals surface area contributed by atoms with Crippen LogP contribution in [-0.4, -0.2) is 27.9 Å². The minimum absolute atomic E-state index is 0.0299. The molecule has 0 saturated heterocycles. The van der Waals surface area contributed by atoms with Crippen molar-refractivity contribution in [1.82, 2.24) is 15.5 Å². The fourth-order valence-corrected chi connectivity index (χ4v) is 3.36. The molecule has 0 atom stereocenters. The van der Waals surface area contributed by atoms with E-state index in [1.807, 2.05) is 50.2 Å². The van der Waals surface area contributed by atoms with E-state index in [4.69, 9.17) is 4.42 Å². The maximum Gasteiger partial charge on any atom is 0.325 e. The van der Waals surface area contributed by atoms with E-state index >= 15 is 0 Å². The first kappa shape index (κ1) is 20.1. The number of urea groups is 1. The molecule has 7 nitrogen and oxygen atoms in total. The predicted molar refractivity (Wildman–Crippen MR) is 111 cm³/mol. The van der Waals surface area contributed by atoms with Crippen molar-refractivity contribution in [3.8, 4) is 11.5 Å². The Morgan fingerprint density at radius 3 is 2.68 bits per heavy atom. The molecule has 0 unspecified atom stereocenters. The first-order valence-electron chi connectivity index (χ1n) is 8.32. The molecule has 3 aromatic rings. The van der Waals surface area contributed by atoms with Crippen LogP contribution in [0, 0.1) is 13.8 Å². The molecule has 9 heteroatoms. The second-order valence-electron chi connectivity index (χ2n) is 5.89. The minimum atomic E-state index is -0.585. The highest BCUT2D eigenvalue weighted by molar-refractivity contribution is 9.10. The number of halogens is 1. The van der Waals surface area contributed by atoms with Crippen molar-refractivity contribution in [2.45, 2.75) is 19.1 Å². The number of anilines is 1. The summed E-state index contributed by atoms with van der Waals surface area (Å²) in [6.45, 7) is 3.85. The monoisotopic (exact) mass is 460 g/mol. The highest BCUT2D eigenvalue weighted by Gasteiger charge is 2.15. The molecule has 3 rings (SSSR count). The summed E-state index contributed by atoms with van der Waals surface area (Å²) >= 11 is 4.48. The number of carbonyl (C=O) groups is 2. The van der Waals surface area contributed by atoms with Gasteiger partial charge < -0.3 is 9.73 Å². The number of benzene rings is 2. The summed E-state index contributed by atoms with van der Waals surface area (Å²) in [7, 11) is 0. The number of amides is 3. The zero-order chi connectivity index (χ0) is 20.1. The Bertz CT molecular complexity index is 1020. The Hall–Kier alpha value is -2.65.